The predicted octanol–water partition coefficient (Wildman–Crippen LogP) is 6.61. The second-order valence-corrected chi connectivity index (χ2v) is 17.5. The molecule has 2 aliphatic carbocycles. The highest BCUT2D eigenvalue weighted by Gasteiger charge is 2.59. The molecule has 2 aliphatic heterocycles. The van der Waals surface area contributed by atoms with Crippen molar-refractivity contribution in [3.63, 3.8) is 0 Å². The summed E-state index contributed by atoms with van der Waals surface area (Å²) in [5.74, 6) is 11.5. The standard InChI is InChI=1S/C49H56N2O11/c1-8-13-35-41-29(5)37(52)25-49(35,57)19-12-10-9-11-14-38(41)61-47-44(62-40-23-28(4)31(26-59-40)22-27(2)3)46(56)48(7,30(6)60-47)45(55)43-42-33(17-20-50-43)34-24-32(15-16-36(34)51-42)58-21-18-39(53)54/h9-10,13,15-17,20,24,27-28,30-31,38,40,44,46-47,51,56-57H,8,18,21-23,25-26H2,1-7H3,(H,53,54)/b10-9-,35-13+/t28?,30?,31?,38-,40?,44?,46?,47?,48?,49-/m0/s1. The lowest BCUT2D eigenvalue weighted by molar-refractivity contribution is -0.339. The Hall–Kier alpha value is -5.12. The van der Waals surface area contributed by atoms with E-state index in [-0.39, 0.29) is 36.8 Å². The van der Waals surface area contributed by atoms with E-state index in [0.717, 1.165) is 11.8 Å². The monoisotopic (exact) mass is 848 g/mol. The first-order valence-electron chi connectivity index (χ1n) is 21.5. The van der Waals surface area contributed by atoms with E-state index in [0.29, 0.717) is 70.2 Å². The molecule has 1 aromatic carbocycles. The zero-order chi connectivity index (χ0) is 44.5. The molecule has 2 fully saturated rings. The van der Waals surface area contributed by atoms with E-state index in [9.17, 15) is 19.8 Å². The van der Waals surface area contributed by atoms with Crippen molar-refractivity contribution in [1.82, 2.24) is 9.97 Å². The molecule has 0 spiro atoms. The number of allylic oxidation sites excluding steroid dienone is 4. The molecule has 13 nitrogen and oxygen atoms in total. The van der Waals surface area contributed by atoms with Crippen molar-refractivity contribution < 1.29 is 53.4 Å². The lowest BCUT2D eigenvalue weighted by Crippen LogP contribution is -2.65. The minimum atomic E-state index is -1.79. The van der Waals surface area contributed by atoms with Crippen molar-refractivity contribution in [2.75, 3.05) is 13.2 Å². The van der Waals surface area contributed by atoms with Crippen molar-refractivity contribution in [2.45, 2.75) is 123 Å². The molecule has 62 heavy (non-hydrogen) atoms. The van der Waals surface area contributed by atoms with Crippen LogP contribution < -0.4 is 4.74 Å². The zero-order valence-corrected chi connectivity index (χ0v) is 36.3. The van der Waals surface area contributed by atoms with Crippen molar-refractivity contribution in [2.24, 2.45) is 23.2 Å². The number of ether oxygens (including phenoxy) is 5. The summed E-state index contributed by atoms with van der Waals surface area (Å²) in [5, 5.41) is 35.1. The second kappa shape index (κ2) is 18.3. The molecule has 2 bridgehead atoms. The van der Waals surface area contributed by atoms with Gasteiger partial charge in [-0.05, 0) is 98.9 Å². The summed E-state index contributed by atoms with van der Waals surface area (Å²) in [7, 11) is 0. The van der Waals surface area contributed by atoms with Gasteiger partial charge in [0.1, 0.15) is 29.8 Å². The van der Waals surface area contributed by atoms with Crippen molar-refractivity contribution in [1.29, 1.82) is 0 Å². The molecule has 4 N–H and O–H groups in total. The fourth-order valence-electron chi connectivity index (χ4n) is 9.07. The molecule has 0 radical (unpaired) electrons. The van der Waals surface area contributed by atoms with E-state index < -0.39 is 59.8 Å². The molecule has 0 amide bonds. The number of nitrogens with one attached hydrogen (secondary N) is 1. The van der Waals surface area contributed by atoms with Crippen LogP contribution >= 0.6 is 0 Å². The summed E-state index contributed by atoms with van der Waals surface area (Å²) in [5.41, 5.74) is -1.11. The third-order valence-electron chi connectivity index (χ3n) is 12.8. The number of carboxylic acids is 1. The topological polar surface area (TPSA) is 187 Å². The van der Waals surface area contributed by atoms with E-state index in [4.69, 9.17) is 28.8 Å². The minimum Gasteiger partial charge on any atom is -0.493 e. The summed E-state index contributed by atoms with van der Waals surface area (Å²) >= 11 is 0. The van der Waals surface area contributed by atoms with Crippen LogP contribution in [0.2, 0.25) is 0 Å². The number of aliphatic hydroxyl groups is 2. The van der Waals surface area contributed by atoms with E-state index in [1.807, 2.05) is 13.0 Å². The normalized spacial score (nSPS) is 32.3. The predicted molar refractivity (Wildman–Crippen MR) is 231 cm³/mol. The van der Waals surface area contributed by atoms with Crippen LogP contribution in [0, 0.1) is 46.9 Å². The summed E-state index contributed by atoms with van der Waals surface area (Å²) in [6, 6.07) is 7.05. The number of aliphatic carboxylic acids is 1. The van der Waals surface area contributed by atoms with Gasteiger partial charge in [0, 0.05) is 34.5 Å². The Morgan fingerprint density at radius 3 is 2.63 bits per heavy atom. The average Bonchev–Trinajstić information content (AvgIpc) is 3.60. The Morgan fingerprint density at radius 1 is 1.13 bits per heavy atom. The molecule has 0 saturated carbocycles. The number of rotatable bonds is 13. The molecule has 2 aromatic heterocycles. The second-order valence-electron chi connectivity index (χ2n) is 17.5. The maximum atomic E-state index is 15.1. The van der Waals surface area contributed by atoms with Gasteiger partial charge in [0.2, 0.25) is 0 Å². The molecule has 3 aromatic rings. The number of hydrogen-bond donors (Lipinski definition) is 4. The van der Waals surface area contributed by atoms with Gasteiger partial charge in [0.05, 0.1) is 43.1 Å². The van der Waals surface area contributed by atoms with Crippen LogP contribution in [-0.4, -0.2) is 98.6 Å². The van der Waals surface area contributed by atoms with Crippen LogP contribution in [0.3, 0.4) is 0 Å². The summed E-state index contributed by atoms with van der Waals surface area (Å²) in [4.78, 5) is 47.6. The Morgan fingerprint density at radius 2 is 1.90 bits per heavy atom. The number of carbonyl (C=O) groups is 3. The SMILES string of the molecule is CC/C=C1\C2=C(C)C(=O)C[C@@]1(O)C#C/C=C\C#C[C@@H]2OC1OC(C)C(C)(C(=O)c2nccc3c2[nH]c2ccc(OCCC(=O)O)cc23)C(O)C1OC1CC(C)C(CC(C)C)CO1. The van der Waals surface area contributed by atoms with Gasteiger partial charge in [0.25, 0.3) is 0 Å². The van der Waals surface area contributed by atoms with Gasteiger partial charge in [-0.1, -0.05) is 57.5 Å². The first-order chi connectivity index (χ1) is 29.5. The number of benzene rings is 1. The Bertz CT molecular complexity index is 2460. The lowest BCUT2D eigenvalue weighted by Gasteiger charge is -2.50. The number of ketones is 2. The number of aromatic amines is 1. The number of pyridine rings is 1. The average molecular weight is 849 g/mol. The maximum Gasteiger partial charge on any atom is 0.306 e. The molecule has 2 saturated heterocycles. The Kier molecular flexibility index (Phi) is 13.3. The largest absolute Gasteiger partial charge is 0.493 e. The van der Waals surface area contributed by atoms with Gasteiger partial charge in [-0.15, -0.1) is 0 Å². The first kappa shape index (κ1) is 44.9. The van der Waals surface area contributed by atoms with Gasteiger partial charge < -0.3 is 44.0 Å². The van der Waals surface area contributed by atoms with Crippen LogP contribution in [-0.2, 0) is 28.5 Å². The molecule has 10 atom stereocenters. The third kappa shape index (κ3) is 8.76. The number of H-pyrrole nitrogens is 1. The van der Waals surface area contributed by atoms with Gasteiger partial charge in [-0.25, -0.2) is 0 Å². The molecule has 7 rings (SSSR count). The summed E-state index contributed by atoms with van der Waals surface area (Å²) in [6.07, 6.45) is 0.919. The number of carboxylic acid groups (broad SMARTS) is 1. The van der Waals surface area contributed by atoms with Crippen LogP contribution in [0.15, 0.2) is 65.4 Å². The fourth-order valence-corrected chi connectivity index (χ4v) is 9.07. The zero-order valence-electron chi connectivity index (χ0n) is 36.3. The molecule has 4 heterocycles. The molecule has 13 heteroatoms. The molecular weight excluding hydrogens is 793 g/mol. The smallest absolute Gasteiger partial charge is 0.306 e. The minimum absolute atomic E-state index is 0.00684. The highest BCUT2D eigenvalue weighted by Crippen LogP contribution is 2.46. The van der Waals surface area contributed by atoms with Crippen LogP contribution in [0.5, 0.6) is 5.75 Å². The molecule has 4 aliphatic rings. The maximum absolute atomic E-state index is 15.1. The van der Waals surface area contributed by atoms with Crippen molar-refractivity contribution in [3.8, 4) is 29.4 Å². The molecule has 328 valence electrons. The number of carbonyl (C=O) groups excluding carboxylic acids is 2. The van der Waals surface area contributed by atoms with E-state index in [2.05, 4.69) is 54.4 Å². The summed E-state index contributed by atoms with van der Waals surface area (Å²) < 4.78 is 32.2. The number of nitrogens with zero attached hydrogens (tertiary/aromatic N) is 1. The molecule has 8 unspecified atom stereocenters. The Labute approximate surface area is 361 Å². The van der Waals surface area contributed by atoms with E-state index in [1.165, 1.54) is 18.3 Å². The first-order valence-corrected chi connectivity index (χ1v) is 21.5. The van der Waals surface area contributed by atoms with Crippen LogP contribution in [0.4, 0.5) is 0 Å². The number of aromatic nitrogens is 2. The summed E-state index contributed by atoms with van der Waals surface area (Å²) in [6.45, 7) is 13.9. The van der Waals surface area contributed by atoms with Crippen molar-refractivity contribution >= 4 is 39.3 Å². The highest BCUT2D eigenvalue weighted by molar-refractivity contribution is 6.16. The van der Waals surface area contributed by atoms with Gasteiger partial charge in [0.15, 0.2) is 29.7 Å². The van der Waals surface area contributed by atoms with Crippen LogP contribution in [0.25, 0.3) is 21.8 Å². The highest BCUT2D eigenvalue weighted by atomic mass is 16.7. The van der Waals surface area contributed by atoms with Gasteiger partial charge >= 0.3 is 5.97 Å². The van der Waals surface area contributed by atoms with Crippen molar-refractivity contribution in [3.05, 3.63) is 71.1 Å². The van der Waals surface area contributed by atoms with Gasteiger partial charge in [-0.3, -0.25) is 19.4 Å². The number of Topliss-reactive ketones (excluding diaryl/α,β-unsaturated/α-hetero) is 2. The molecular formula is C49H56N2O11. The number of hydrogen-bond acceptors (Lipinski definition) is 11. The lowest BCUT2D eigenvalue weighted by atomic mass is 9.70. The number of aliphatic hydroxyl groups excluding tert-OH is 1. The quantitative estimate of drug-likeness (QED) is 0.107. The fraction of sp³-hybridized carbons (Fsp3) is 0.510. The van der Waals surface area contributed by atoms with E-state index in [1.54, 1.807) is 45.0 Å². The van der Waals surface area contributed by atoms with Gasteiger partial charge in [-0.2, -0.15) is 0 Å². The number of fused-ring (bicyclic) bond motifs is 5. The Balaban J connectivity index is 1.26. The van der Waals surface area contributed by atoms with Crippen LogP contribution in [0.1, 0.15) is 91.1 Å². The third-order valence-corrected chi connectivity index (χ3v) is 12.8. The van der Waals surface area contributed by atoms with E-state index >= 15 is 4.79 Å².